The number of nitrogens with zero attached hydrogens (tertiary/aromatic N) is 5. The molecule has 8 nitrogen and oxygen atoms in total. The number of halogens is 1. The highest BCUT2D eigenvalue weighted by atomic mass is 35.5. The van der Waals surface area contributed by atoms with Gasteiger partial charge in [-0.05, 0) is 31.5 Å². The maximum absolute atomic E-state index is 12.5. The Labute approximate surface area is 150 Å². The second-order valence-corrected chi connectivity index (χ2v) is 7.49. The first kappa shape index (κ1) is 17.4. The summed E-state index contributed by atoms with van der Waals surface area (Å²) in [5, 5.41) is 8.85. The van der Waals surface area contributed by atoms with Gasteiger partial charge < -0.3 is 0 Å². The fourth-order valence-corrected chi connectivity index (χ4v) is 3.63. The van der Waals surface area contributed by atoms with Crippen LogP contribution >= 0.6 is 11.6 Å². The van der Waals surface area contributed by atoms with Crippen LogP contribution in [0.25, 0.3) is 0 Å². The lowest BCUT2D eigenvalue weighted by Crippen LogP contribution is -2.15. The summed E-state index contributed by atoms with van der Waals surface area (Å²) in [4.78, 5) is 4.12. The highest BCUT2D eigenvalue weighted by Crippen LogP contribution is 2.17. The van der Waals surface area contributed by atoms with E-state index < -0.39 is 10.0 Å². The summed E-state index contributed by atoms with van der Waals surface area (Å²) in [6, 6.07) is 7.31. The second-order valence-electron chi connectivity index (χ2n) is 5.41. The van der Waals surface area contributed by atoms with E-state index in [0.717, 1.165) is 5.56 Å². The van der Waals surface area contributed by atoms with Crippen molar-refractivity contribution in [2.75, 3.05) is 4.72 Å². The quantitative estimate of drug-likeness (QED) is 0.708. The molecule has 0 atom stereocenters. The number of aryl methyl sites for hydroxylation is 1. The van der Waals surface area contributed by atoms with Crippen molar-refractivity contribution < 1.29 is 8.42 Å². The molecule has 0 fully saturated rings. The summed E-state index contributed by atoms with van der Waals surface area (Å²) in [6.45, 7) is 4.65. The number of anilines is 1. The van der Waals surface area contributed by atoms with Crippen molar-refractivity contribution in [3.63, 3.8) is 0 Å². The predicted molar refractivity (Wildman–Crippen MR) is 94.0 cm³/mol. The van der Waals surface area contributed by atoms with Gasteiger partial charge in [-0.25, -0.2) is 17.8 Å². The first-order valence-electron chi connectivity index (χ1n) is 7.58. The maximum atomic E-state index is 12.5. The van der Waals surface area contributed by atoms with E-state index >= 15 is 0 Å². The summed E-state index contributed by atoms with van der Waals surface area (Å²) in [5.41, 5.74) is 1.54. The zero-order valence-corrected chi connectivity index (χ0v) is 15.3. The van der Waals surface area contributed by atoms with Gasteiger partial charge in [0, 0.05) is 11.6 Å². The van der Waals surface area contributed by atoms with Gasteiger partial charge >= 0.3 is 0 Å². The summed E-state index contributed by atoms with van der Waals surface area (Å²) < 4.78 is 30.5. The molecule has 0 saturated carbocycles. The van der Waals surface area contributed by atoms with Gasteiger partial charge in [0.15, 0.2) is 0 Å². The molecule has 132 valence electrons. The molecule has 2 heterocycles. The van der Waals surface area contributed by atoms with Gasteiger partial charge in [-0.1, -0.05) is 23.7 Å². The fraction of sp³-hybridized carbons (Fsp3) is 0.267. The van der Waals surface area contributed by atoms with E-state index in [1.807, 2.05) is 19.1 Å². The molecule has 0 amide bonds. The van der Waals surface area contributed by atoms with Gasteiger partial charge in [-0.2, -0.15) is 10.1 Å². The number of sulfonamides is 1. The molecule has 3 rings (SSSR count). The third-order valence-electron chi connectivity index (χ3n) is 3.67. The lowest BCUT2D eigenvalue weighted by atomic mass is 10.2. The van der Waals surface area contributed by atoms with E-state index in [2.05, 4.69) is 19.9 Å². The van der Waals surface area contributed by atoms with E-state index in [0.29, 0.717) is 23.8 Å². The van der Waals surface area contributed by atoms with Crippen LogP contribution in [0.1, 0.15) is 18.2 Å². The van der Waals surface area contributed by atoms with Gasteiger partial charge in [0.05, 0.1) is 18.4 Å². The van der Waals surface area contributed by atoms with Crippen LogP contribution in [0.2, 0.25) is 5.02 Å². The molecule has 0 aliphatic heterocycles. The average molecular weight is 381 g/mol. The Hall–Kier alpha value is -2.39. The van der Waals surface area contributed by atoms with E-state index in [1.54, 1.807) is 28.4 Å². The van der Waals surface area contributed by atoms with Crippen molar-refractivity contribution in [2.24, 2.45) is 0 Å². The molecule has 0 radical (unpaired) electrons. The summed E-state index contributed by atoms with van der Waals surface area (Å²) >= 11 is 5.86. The lowest BCUT2D eigenvalue weighted by molar-refractivity contribution is 0.597. The molecule has 10 heteroatoms. The molecule has 0 aliphatic carbocycles. The Morgan fingerprint density at radius 3 is 2.60 bits per heavy atom. The minimum atomic E-state index is -3.79. The molecule has 25 heavy (non-hydrogen) atoms. The number of hydrogen-bond donors (Lipinski definition) is 1. The number of nitrogens with one attached hydrogen (secondary N) is 1. The molecule has 0 saturated heterocycles. The van der Waals surface area contributed by atoms with E-state index in [-0.39, 0.29) is 10.8 Å². The van der Waals surface area contributed by atoms with E-state index in [1.165, 1.54) is 12.5 Å². The third-order valence-corrected chi connectivity index (χ3v) is 5.35. The van der Waals surface area contributed by atoms with Crippen LogP contribution in [0, 0.1) is 6.92 Å². The molecule has 0 unspecified atom stereocenters. The lowest BCUT2D eigenvalue weighted by Gasteiger charge is -2.05. The zero-order chi connectivity index (χ0) is 18.0. The van der Waals surface area contributed by atoms with Crippen molar-refractivity contribution in [1.29, 1.82) is 0 Å². The molecule has 1 N–H and O–H groups in total. The largest absolute Gasteiger partial charge is 0.269 e. The summed E-state index contributed by atoms with van der Waals surface area (Å²) in [6.07, 6.45) is 2.79. The summed E-state index contributed by atoms with van der Waals surface area (Å²) in [7, 11) is -3.79. The Balaban J connectivity index is 1.76. The van der Waals surface area contributed by atoms with Crippen LogP contribution in [0.3, 0.4) is 0 Å². The summed E-state index contributed by atoms with van der Waals surface area (Å²) in [5.74, 6) is 0.0117. The monoisotopic (exact) mass is 380 g/mol. The van der Waals surface area contributed by atoms with E-state index in [4.69, 9.17) is 11.6 Å². The smallest absolute Gasteiger partial charge is 0.267 e. The number of benzene rings is 1. The van der Waals surface area contributed by atoms with Crippen LogP contribution in [0.4, 0.5) is 5.95 Å². The number of hydrogen-bond acceptors (Lipinski definition) is 5. The topological polar surface area (TPSA) is 94.7 Å². The van der Waals surface area contributed by atoms with Gasteiger partial charge in [0.25, 0.3) is 16.0 Å². The van der Waals surface area contributed by atoms with Gasteiger partial charge in [0.2, 0.25) is 0 Å². The Morgan fingerprint density at radius 2 is 1.96 bits per heavy atom. The predicted octanol–water partition coefficient (Wildman–Crippen LogP) is 2.31. The zero-order valence-electron chi connectivity index (χ0n) is 13.7. The molecule has 2 aromatic heterocycles. The first-order valence-corrected chi connectivity index (χ1v) is 9.44. The van der Waals surface area contributed by atoms with E-state index in [9.17, 15) is 8.42 Å². The second kappa shape index (κ2) is 6.85. The minimum Gasteiger partial charge on any atom is -0.269 e. The molecule has 0 bridgehead atoms. The molecular weight excluding hydrogens is 364 g/mol. The third kappa shape index (κ3) is 3.83. The maximum Gasteiger partial charge on any atom is 0.267 e. The van der Waals surface area contributed by atoms with Gasteiger partial charge in [-0.3, -0.25) is 4.68 Å². The van der Waals surface area contributed by atoms with Gasteiger partial charge in [-0.15, -0.1) is 5.10 Å². The normalized spacial score (nSPS) is 11.6. The molecular formula is C15H17ClN6O2S. The number of rotatable bonds is 6. The molecule has 0 aliphatic rings. The van der Waals surface area contributed by atoms with Crippen LogP contribution in [-0.2, 0) is 23.1 Å². The van der Waals surface area contributed by atoms with Crippen LogP contribution in [-0.4, -0.2) is 33.0 Å². The Morgan fingerprint density at radius 1 is 1.24 bits per heavy atom. The highest BCUT2D eigenvalue weighted by Gasteiger charge is 2.22. The Kier molecular flexibility index (Phi) is 4.78. The fourth-order valence-electron chi connectivity index (χ4n) is 2.38. The van der Waals surface area contributed by atoms with Crippen molar-refractivity contribution in [1.82, 2.24) is 24.5 Å². The highest BCUT2D eigenvalue weighted by molar-refractivity contribution is 7.92. The van der Waals surface area contributed by atoms with Crippen molar-refractivity contribution >= 4 is 27.6 Å². The number of aromatic nitrogens is 5. The molecule has 0 spiro atoms. The standard InChI is InChI=1S/C15H17ClN6O2S/c1-3-22-11(2)14(8-18-22)25(23,24)20-15-17-10-21(19-15)9-12-4-6-13(16)7-5-12/h4-8,10H,3,9H2,1-2H3,(H,19,20). The van der Waals surface area contributed by atoms with Crippen LogP contribution in [0.5, 0.6) is 0 Å². The average Bonchev–Trinajstić information content (AvgIpc) is 3.15. The SMILES string of the molecule is CCn1ncc(S(=O)(=O)Nc2ncn(Cc3ccc(Cl)cc3)n2)c1C. The van der Waals surface area contributed by atoms with Gasteiger partial charge in [0.1, 0.15) is 11.2 Å². The molecule has 1 aromatic carbocycles. The molecule has 3 aromatic rings. The Bertz CT molecular complexity index is 978. The van der Waals surface area contributed by atoms with Crippen LogP contribution < -0.4 is 4.72 Å². The van der Waals surface area contributed by atoms with Crippen molar-refractivity contribution in [3.05, 3.63) is 53.1 Å². The van der Waals surface area contributed by atoms with Crippen molar-refractivity contribution in [3.8, 4) is 0 Å². The first-order chi connectivity index (χ1) is 11.9. The minimum absolute atomic E-state index is 0.0117. The van der Waals surface area contributed by atoms with Crippen molar-refractivity contribution in [2.45, 2.75) is 31.8 Å². The van der Waals surface area contributed by atoms with Crippen LogP contribution in [0.15, 0.2) is 41.7 Å².